The van der Waals surface area contributed by atoms with Crippen LogP contribution in [-0.2, 0) is 0 Å². The van der Waals surface area contributed by atoms with E-state index in [9.17, 15) is 0 Å². The second-order valence-electron chi connectivity index (χ2n) is 11.4. The van der Waals surface area contributed by atoms with E-state index in [0.29, 0.717) is 5.82 Å². The van der Waals surface area contributed by atoms with Crippen molar-refractivity contribution in [2.45, 2.75) is 0 Å². The molecule has 4 aromatic carbocycles. The average Bonchev–Trinajstić information content (AvgIpc) is 3.19. The van der Waals surface area contributed by atoms with Gasteiger partial charge in [0, 0.05) is 34.6 Å². The zero-order valence-electron chi connectivity index (χ0n) is 26.0. The molecule has 0 aliphatic carbocycles. The van der Waals surface area contributed by atoms with Gasteiger partial charge in [-0.25, -0.2) is 15.0 Å². The number of hydrogen-bond acceptors (Lipinski definition) is 5. The lowest BCUT2D eigenvalue weighted by Gasteiger charge is -2.11. The first kappa shape index (κ1) is 28.9. The van der Waals surface area contributed by atoms with Gasteiger partial charge in [0.15, 0.2) is 5.82 Å². The summed E-state index contributed by atoms with van der Waals surface area (Å²) in [6.45, 7) is 0. The molecule has 226 valence electrons. The third kappa shape index (κ3) is 6.13. The van der Waals surface area contributed by atoms with Crippen LogP contribution >= 0.6 is 0 Å². The van der Waals surface area contributed by atoms with Crippen molar-refractivity contribution in [3.8, 4) is 78.9 Å². The Morgan fingerprint density at radius 2 is 0.667 bits per heavy atom. The van der Waals surface area contributed by atoms with Gasteiger partial charge in [0.2, 0.25) is 0 Å². The summed E-state index contributed by atoms with van der Waals surface area (Å²) < 4.78 is 0. The van der Waals surface area contributed by atoms with E-state index in [1.807, 2.05) is 109 Å². The van der Waals surface area contributed by atoms with Gasteiger partial charge in [-0.1, -0.05) is 127 Å². The predicted octanol–water partition coefficient (Wildman–Crippen LogP) is 10.3. The molecule has 48 heavy (non-hydrogen) atoms. The monoisotopic (exact) mass is 615 g/mol. The zero-order chi connectivity index (χ0) is 32.1. The second-order valence-corrected chi connectivity index (χ2v) is 11.4. The van der Waals surface area contributed by atoms with Gasteiger partial charge in [0.25, 0.3) is 0 Å². The van der Waals surface area contributed by atoms with E-state index in [0.717, 1.165) is 73.1 Å². The number of benzene rings is 4. The largest absolute Gasteiger partial charge is 0.254 e. The van der Waals surface area contributed by atoms with E-state index in [1.54, 1.807) is 0 Å². The van der Waals surface area contributed by atoms with E-state index < -0.39 is 0 Å². The topological polar surface area (TPSA) is 64.5 Å². The minimum absolute atomic E-state index is 0.614. The van der Waals surface area contributed by atoms with E-state index in [1.165, 1.54) is 0 Å². The van der Waals surface area contributed by atoms with Gasteiger partial charge in [-0.15, -0.1) is 0 Å². The first-order chi connectivity index (χ1) is 23.8. The van der Waals surface area contributed by atoms with Crippen molar-refractivity contribution in [2.24, 2.45) is 0 Å². The first-order valence-electron chi connectivity index (χ1n) is 15.8. The van der Waals surface area contributed by atoms with Crippen LogP contribution in [0.3, 0.4) is 0 Å². The smallest absolute Gasteiger partial charge is 0.161 e. The van der Waals surface area contributed by atoms with Crippen LogP contribution in [0.5, 0.6) is 0 Å². The van der Waals surface area contributed by atoms with E-state index in [-0.39, 0.29) is 0 Å². The molecule has 0 aliphatic rings. The summed E-state index contributed by atoms with van der Waals surface area (Å²) in [5.41, 5.74) is 12.0. The molecule has 0 atom stereocenters. The third-order valence-electron chi connectivity index (χ3n) is 8.21. The summed E-state index contributed by atoms with van der Waals surface area (Å²) in [6, 6.07) is 55.3. The van der Waals surface area contributed by atoms with Crippen LogP contribution in [0.25, 0.3) is 78.9 Å². The maximum absolute atomic E-state index is 5.06. The molecule has 0 aliphatic heterocycles. The Bertz CT molecular complexity index is 2230. The zero-order valence-corrected chi connectivity index (χ0v) is 26.0. The van der Waals surface area contributed by atoms with Crippen LogP contribution < -0.4 is 0 Å². The molecular weight excluding hydrogens is 587 g/mol. The molecule has 0 saturated heterocycles. The highest BCUT2D eigenvalue weighted by Gasteiger charge is 2.14. The fourth-order valence-corrected chi connectivity index (χ4v) is 5.70. The van der Waals surface area contributed by atoms with E-state index in [4.69, 9.17) is 24.9 Å². The molecule has 8 aromatic rings. The minimum atomic E-state index is 0.614. The quantitative estimate of drug-likeness (QED) is 0.178. The van der Waals surface area contributed by atoms with Gasteiger partial charge in [0.05, 0.1) is 34.2 Å². The highest BCUT2D eigenvalue weighted by atomic mass is 14.9. The SMILES string of the molecule is c1ccc(-c2ccc(-c3cc(-c4ccccc4)cc(-c4ccc(-c5nc(-c6ccccc6)cc(-c6ccccc6)n5)cn4)n3)nc2)cc1. The van der Waals surface area contributed by atoms with Crippen LogP contribution in [0.1, 0.15) is 0 Å². The predicted molar refractivity (Wildman–Crippen MR) is 193 cm³/mol. The number of hydrogen-bond donors (Lipinski definition) is 0. The van der Waals surface area contributed by atoms with Gasteiger partial charge in [-0.05, 0) is 53.1 Å². The fourth-order valence-electron chi connectivity index (χ4n) is 5.70. The number of rotatable bonds is 7. The van der Waals surface area contributed by atoms with Gasteiger partial charge in [-0.3, -0.25) is 9.97 Å². The molecule has 0 bridgehead atoms. The summed E-state index contributed by atoms with van der Waals surface area (Å²) in [4.78, 5) is 24.7. The third-order valence-corrected chi connectivity index (χ3v) is 8.21. The molecule has 0 fully saturated rings. The summed E-state index contributed by atoms with van der Waals surface area (Å²) in [6.07, 6.45) is 3.74. The van der Waals surface area contributed by atoms with Gasteiger partial charge < -0.3 is 0 Å². The van der Waals surface area contributed by atoms with Crippen LogP contribution in [0.2, 0.25) is 0 Å². The maximum Gasteiger partial charge on any atom is 0.161 e. The number of pyridine rings is 3. The molecule has 5 nitrogen and oxygen atoms in total. The van der Waals surface area contributed by atoms with E-state index >= 15 is 0 Å². The van der Waals surface area contributed by atoms with Gasteiger partial charge >= 0.3 is 0 Å². The Labute approximate surface area is 279 Å². The Morgan fingerprint density at radius 1 is 0.250 bits per heavy atom. The van der Waals surface area contributed by atoms with Crippen LogP contribution in [0.15, 0.2) is 176 Å². The molecule has 5 heteroatoms. The summed E-state index contributed by atoms with van der Waals surface area (Å²) >= 11 is 0. The summed E-state index contributed by atoms with van der Waals surface area (Å²) in [5.74, 6) is 0.614. The molecule has 8 rings (SSSR count). The Morgan fingerprint density at radius 3 is 1.10 bits per heavy atom. The molecule has 4 aromatic heterocycles. The highest BCUT2D eigenvalue weighted by Crippen LogP contribution is 2.31. The average molecular weight is 616 g/mol. The van der Waals surface area contributed by atoms with Crippen molar-refractivity contribution >= 4 is 0 Å². The van der Waals surface area contributed by atoms with Gasteiger partial charge in [-0.2, -0.15) is 0 Å². The standard InChI is InChI=1S/C43H29N5/c1-5-13-30(14-6-1)34-21-23-37(44-28-34)41-25-36(31-15-7-2-8-16-31)26-42(46-41)38-24-22-35(29-45-38)43-47-39(32-17-9-3-10-18-32)27-40(48-43)33-19-11-4-12-20-33/h1-29H. The van der Waals surface area contributed by atoms with Crippen molar-refractivity contribution < 1.29 is 0 Å². The molecule has 0 N–H and O–H groups in total. The van der Waals surface area contributed by atoms with Crippen LogP contribution in [0.4, 0.5) is 0 Å². The highest BCUT2D eigenvalue weighted by molar-refractivity contribution is 5.76. The van der Waals surface area contributed by atoms with E-state index in [2.05, 4.69) is 66.7 Å². The lowest BCUT2D eigenvalue weighted by atomic mass is 10.0. The molecule has 0 radical (unpaired) electrons. The lowest BCUT2D eigenvalue weighted by molar-refractivity contribution is 1.17. The summed E-state index contributed by atoms with van der Waals surface area (Å²) in [7, 11) is 0. The maximum atomic E-state index is 5.06. The van der Waals surface area contributed by atoms with Crippen LogP contribution in [0, 0.1) is 0 Å². The first-order valence-corrected chi connectivity index (χ1v) is 15.8. The van der Waals surface area contributed by atoms with Crippen molar-refractivity contribution in [1.82, 2.24) is 24.9 Å². The van der Waals surface area contributed by atoms with Crippen molar-refractivity contribution in [3.05, 3.63) is 176 Å². The Balaban J connectivity index is 1.18. The minimum Gasteiger partial charge on any atom is -0.254 e. The molecule has 0 saturated carbocycles. The number of aromatic nitrogens is 5. The molecule has 0 spiro atoms. The summed E-state index contributed by atoms with van der Waals surface area (Å²) in [5, 5.41) is 0. The van der Waals surface area contributed by atoms with Crippen molar-refractivity contribution in [2.75, 3.05) is 0 Å². The van der Waals surface area contributed by atoms with Crippen molar-refractivity contribution in [1.29, 1.82) is 0 Å². The van der Waals surface area contributed by atoms with Gasteiger partial charge in [0.1, 0.15) is 0 Å². The molecule has 0 amide bonds. The van der Waals surface area contributed by atoms with Crippen molar-refractivity contribution in [3.63, 3.8) is 0 Å². The Hall–Kier alpha value is -6.59. The fraction of sp³-hybridized carbons (Fsp3) is 0. The molecular formula is C43H29N5. The number of nitrogens with zero attached hydrogens (tertiary/aromatic N) is 5. The molecule has 0 unspecified atom stereocenters. The normalized spacial score (nSPS) is 10.9. The lowest BCUT2D eigenvalue weighted by Crippen LogP contribution is -1.97. The van der Waals surface area contributed by atoms with Crippen LogP contribution in [-0.4, -0.2) is 24.9 Å². The molecule has 4 heterocycles. The second kappa shape index (κ2) is 13.0. The Kier molecular flexibility index (Phi) is 7.83.